The minimum Gasteiger partial charge on any atom is -0.370 e. The van der Waals surface area contributed by atoms with E-state index in [0.717, 1.165) is 0 Å². The van der Waals surface area contributed by atoms with E-state index >= 15 is 0 Å². The van der Waals surface area contributed by atoms with E-state index in [9.17, 15) is 13.2 Å². The number of carbonyl (C=O) groups is 1. The van der Waals surface area contributed by atoms with Crippen molar-refractivity contribution in [3.05, 3.63) is 17.5 Å². The van der Waals surface area contributed by atoms with E-state index in [2.05, 4.69) is 14.4 Å². The van der Waals surface area contributed by atoms with Crippen molar-refractivity contribution in [3.63, 3.8) is 0 Å². The summed E-state index contributed by atoms with van der Waals surface area (Å²) < 4.78 is 40.1. The van der Waals surface area contributed by atoms with Crippen LogP contribution in [-0.4, -0.2) is 47.6 Å². The third-order valence-corrected chi connectivity index (χ3v) is 4.44. The van der Waals surface area contributed by atoms with Crippen LogP contribution in [0.4, 0.5) is 0 Å². The molecule has 1 fully saturated rings. The smallest absolute Gasteiger partial charge is 0.370 e. The second-order valence-electron chi connectivity index (χ2n) is 6.23. The minimum atomic E-state index is -4.76. The van der Waals surface area contributed by atoms with Crippen molar-refractivity contribution in [1.29, 1.82) is 0 Å². The SMILES string of the molecule is C.NC(N)=NCCCc1cc([C@@H](N)CC[C@@H]2CCC(=O)N2OS(=O)(=O)O)no1. The maximum Gasteiger partial charge on any atom is 0.418 e. The molecule has 0 spiro atoms. The number of guanidine groups is 1. The van der Waals surface area contributed by atoms with Gasteiger partial charge in [-0.25, -0.2) is 0 Å². The molecule has 0 unspecified atom stereocenters. The van der Waals surface area contributed by atoms with E-state index in [1.165, 1.54) is 0 Å². The number of rotatable bonds is 10. The number of amides is 1. The van der Waals surface area contributed by atoms with E-state index < -0.39 is 28.4 Å². The molecule has 13 heteroatoms. The summed E-state index contributed by atoms with van der Waals surface area (Å²) in [5.74, 6) is 0.182. The Labute approximate surface area is 164 Å². The van der Waals surface area contributed by atoms with Crippen LogP contribution in [0.2, 0.25) is 0 Å². The fourth-order valence-corrected chi connectivity index (χ4v) is 3.20. The quantitative estimate of drug-likeness (QED) is 0.173. The predicted octanol–water partition coefficient (Wildman–Crippen LogP) is 0.0221. The molecule has 1 aromatic heterocycles. The van der Waals surface area contributed by atoms with Crippen molar-refractivity contribution in [3.8, 4) is 0 Å². The first-order chi connectivity index (χ1) is 12.7. The lowest BCUT2D eigenvalue weighted by atomic mass is 10.0. The summed E-state index contributed by atoms with van der Waals surface area (Å²) in [5.41, 5.74) is 17.1. The van der Waals surface area contributed by atoms with Crippen LogP contribution in [0.3, 0.4) is 0 Å². The first-order valence-electron chi connectivity index (χ1n) is 8.41. The highest BCUT2D eigenvalue weighted by molar-refractivity contribution is 7.80. The zero-order valence-corrected chi connectivity index (χ0v) is 15.5. The van der Waals surface area contributed by atoms with Gasteiger partial charge in [0, 0.05) is 25.5 Å². The molecule has 0 aromatic carbocycles. The van der Waals surface area contributed by atoms with Gasteiger partial charge < -0.3 is 21.7 Å². The second-order valence-corrected chi connectivity index (χ2v) is 7.23. The molecule has 0 aliphatic carbocycles. The Hall–Kier alpha value is -2.22. The predicted molar refractivity (Wildman–Crippen MR) is 101 cm³/mol. The molecule has 1 saturated heterocycles. The Balaban J connectivity index is 0.00000392. The molecule has 0 bridgehead atoms. The number of aryl methyl sites for hydroxylation is 1. The molecule has 0 radical (unpaired) electrons. The summed E-state index contributed by atoms with van der Waals surface area (Å²) in [5, 5.41) is 4.63. The van der Waals surface area contributed by atoms with Gasteiger partial charge in [-0.1, -0.05) is 12.6 Å². The molecule has 2 atom stereocenters. The summed E-state index contributed by atoms with van der Waals surface area (Å²) in [6.07, 6.45) is 2.64. The third-order valence-electron chi connectivity index (χ3n) is 4.09. The first kappa shape index (κ1) is 23.8. The Morgan fingerprint density at radius 1 is 1.50 bits per heavy atom. The van der Waals surface area contributed by atoms with Crippen LogP contribution in [0.1, 0.15) is 57.0 Å². The van der Waals surface area contributed by atoms with Crippen LogP contribution in [0.25, 0.3) is 0 Å². The summed E-state index contributed by atoms with van der Waals surface area (Å²) in [6, 6.07) is 0.798. The number of hydroxylamine groups is 2. The Morgan fingerprint density at radius 2 is 2.21 bits per heavy atom. The number of carbonyl (C=O) groups excluding carboxylic acids is 1. The van der Waals surface area contributed by atoms with Crippen LogP contribution in [-0.2, 0) is 25.9 Å². The third kappa shape index (κ3) is 7.42. The summed E-state index contributed by atoms with van der Waals surface area (Å²) >= 11 is 0. The molecule has 160 valence electrons. The number of nitrogens with zero attached hydrogens (tertiary/aromatic N) is 3. The van der Waals surface area contributed by atoms with Crippen LogP contribution < -0.4 is 17.2 Å². The highest BCUT2D eigenvalue weighted by atomic mass is 32.3. The molecule has 12 nitrogen and oxygen atoms in total. The topological polar surface area (TPSA) is 200 Å². The van der Waals surface area contributed by atoms with Gasteiger partial charge in [0.1, 0.15) is 11.5 Å². The molecule has 1 aliphatic heterocycles. The molecular formula is C15H28N6O6S. The average molecular weight is 420 g/mol. The molecule has 2 heterocycles. The summed E-state index contributed by atoms with van der Waals surface area (Å²) in [7, 11) is -4.76. The summed E-state index contributed by atoms with van der Waals surface area (Å²) in [6.45, 7) is 0.476. The van der Waals surface area contributed by atoms with Gasteiger partial charge >= 0.3 is 10.4 Å². The molecule has 28 heavy (non-hydrogen) atoms. The van der Waals surface area contributed by atoms with Crippen LogP contribution in [0, 0.1) is 0 Å². The second kappa shape index (κ2) is 10.4. The number of aromatic nitrogens is 1. The normalized spacial score (nSPS) is 18.0. The van der Waals surface area contributed by atoms with Crippen LogP contribution in [0.15, 0.2) is 15.6 Å². The van der Waals surface area contributed by atoms with Gasteiger partial charge in [0.2, 0.25) is 5.91 Å². The lowest BCUT2D eigenvalue weighted by Gasteiger charge is -2.22. The Bertz CT molecular complexity index is 776. The van der Waals surface area contributed by atoms with Crippen molar-refractivity contribution in [2.45, 2.75) is 58.0 Å². The number of hydrogen-bond donors (Lipinski definition) is 4. The van der Waals surface area contributed by atoms with Crippen molar-refractivity contribution in [2.24, 2.45) is 22.2 Å². The van der Waals surface area contributed by atoms with Crippen molar-refractivity contribution in [1.82, 2.24) is 10.2 Å². The zero-order chi connectivity index (χ0) is 20.0. The number of aliphatic imine (C=N–C) groups is 1. The lowest BCUT2D eigenvalue weighted by molar-refractivity contribution is -0.157. The largest absolute Gasteiger partial charge is 0.418 e. The molecular weight excluding hydrogens is 392 g/mol. The molecule has 7 N–H and O–H groups in total. The van der Waals surface area contributed by atoms with Gasteiger partial charge in [-0.2, -0.15) is 13.5 Å². The molecule has 1 aliphatic rings. The molecule has 2 rings (SSSR count). The van der Waals surface area contributed by atoms with Crippen molar-refractivity contribution >= 4 is 22.3 Å². The average Bonchev–Trinajstić information content (AvgIpc) is 3.16. The Kier molecular flexibility index (Phi) is 8.81. The van der Waals surface area contributed by atoms with Gasteiger partial charge in [-0.3, -0.25) is 14.3 Å². The maximum absolute atomic E-state index is 11.7. The molecule has 1 aromatic rings. The van der Waals surface area contributed by atoms with Crippen LogP contribution >= 0.6 is 0 Å². The maximum atomic E-state index is 11.7. The monoisotopic (exact) mass is 420 g/mol. The van der Waals surface area contributed by atoms with Gasteiger partial charge in [-0.05, 0) is 25.7 Å². The lowest BCUT2D eigenvalue weighted by Crippen LogP contribution is -2.35. The van der Waals surface area contributed by atoms with Crippen molar-refractivity contribution < 1.29 is 26.6 Å². The van der Waals surface area contributed by atoms with E-state index in [1.54, 1.807) is 6.07 Å². The fourth-order valence-electron chi connectivity index (χ4n) is 2.79. The van der Waals surface area contributed by atoms with Crippen LogP contribution in [0.5, 0.6) is 0 Å². The summed E-state index contributed by atoms with van der Waals surface area (Å²) in [4.78, 5) is 15.6. The van der Waals surface area contributed by atoms with Gasteiger partial charge in [0.15, 0.2) is 5.96 Å². The first-order valence-corrected chi connectivity index (χ1v) is 9.77. The minimum absolute atomic E-state index is 0. The van der Waals surface area contributed by atoms with E-state index in [0.29, 0.717) is 55.2 Å². The highest BCUT2D eigenvalue weighted by Gasteiger charge is 2.35. The fraction of sp³-hybridized carbons (Fsp3) is 0.667. The van der Waals surface area contributed by atoms with E-state index in [1.807, 2.05) is 0 Å². The number of hydrogen-bond acceptors (Lipinski definition) is 8. The van der Waals surface area contributed by atoms with Crippen molar-refractivity contribution in [2.75, 3.05) is 6.54 Å². The van der Waals surface area contributed by atoms with Gasteiger partial charge in [0.25, 0.3) is 0 Å². The van der Waals surface area contributed by atoms with E-state index in [-0.39, 0.29) is 19.8 Å². The zero-order valence-electron chi connectivity index (χ0n) is 14.7. The molecule has 1 amide bonds. The highest BCUT2D eigenvalue weighted by Crippen LogP contribution is 2.27. The van der Waals surface area contributed by atoms with Gasteiger partial charge in [-0.15, -0.1) is 4.28 Å². The Morgan fingerprint density at radius 3 is 2.86 bits per heavy atom. The van der Waals surface area contributed by atoms with Gasteiger partial charge in [0.05, 0.1) is 12.1 Å². The molecule has 0 saturated carbocycles. The van der Waals surface area contributed by atoms with E-state index in [4.69, 9.17) is 26.3 Å². The standard InChI is InChI=1S/C14H24N6O6S.CH4/c15-11(12-8-10(25-19-12)2-1-7-18-14(16)17)5-3-9-4-6-13(21)20(9)26-27(22,23)24;/h8-9,11H,1-7,15H2,(H4,16,17,18)(H,22,23,24);1H4/t9-,11+;/m1./s1. The number of nitrogens with two attached hydrogens (primary N) is 3.